The van der Waals surface area contributed by atoms with Gasteiger partial charge in [-0.1, -0.05) is 12.1 Å². The van der Waals surface area contributed by atoms with Crippen LogP contribution in [0.4, 0.5) is 0 Å². The van der Waals surface area contributed by atoms with Crippen LogP contribution in [0.5, 0.6) is 5.75 Å². The summed E-state index contributed by atoms with van der Waals surface area (Å²) in [5, 5.41) is 0. The minimum atomic E-state index is -1.19. The van der Waals surface area contributed by atoms with E-state index in [2.05, 4.69) is 0 Å². The standard InChI is InChI=1S/C19H27NO6/c1-14-5-4-6-16-17(21)13-19(26-18(14)16,20-7-9-23-10-8-20)25-15(2)24-12-11-22-3/h4-6,15H,7-13H2,1-3H3. The van der Waals surface area contributed by atoms with Crippen LogP contribution in [0.25, 0.3) is 0 Å². The highest BCUT2D eigenvalue weighted by Crippen LogP contribution is 2.39. The SMILES string of the molecule is COCCOC(C)OC1(N2CCOCC2)CC(=O)c2cccc(C)c2O1. The Labute approximate surface area is 154 Å². The molecule has 0 radical (unpaired) electrons. The average Bonchev–Trinajstić information content (AvgIpc) is 2.64. The summed E-state index contributed by atoms with van der Waals surface area (Å²) in [6, 6.07) is 5.60. The molecular weight excluding hydrogens is 338 g/mol. The Bertz CT molecular complexity index is 630. The van der Waals surface area contributed by atoms with E-state index in [1.165, 1.54) is 0 Å². The second-order valence-electron chi connectivity index (χ2n) is 6.51. The number of para-hydroxylation sites is 1. The summed E-state index contributed by atoms with van der Waals surface area (Å²) in [5.74, 6) is -0.600. The number of fused-ring (bicyclic) bond motifs is 1. The fraction of sp³-hybridized carbons (Fsp3) is 0.632. The van der Waals surface area contributed by atoms with E-state index in [-0.39, 0.29) is 12.2 Å². The molecule has 3 rings (SSSR count). The third-order valence-corrected chi connectivity index (χ3v) is 4.64. The fourth-order valence-electron chi connectivity index (χ4n) is 3.31. The van der Waals surface area contributed by atoms with E-state index in [0.29, 0.717) is 50.8 Å². The van der Waals surface area contributed by atoms with E-state index in [1.54, 1.807) is 20.1 Å². The number of aryl methyl sites for hydroxylation is 1. The van der Waals surface area contributed by atoms with Gasteiger partial charge in [0.05, 0.1) is 38.4 Å². The van der Waals surface area contributed by atoms with Gasteiger partial charge in [-0.3, -0.25) is 9.53 Å². The quantitative estimate of drug-likeness (QED) is 0.541. The van der Waals surface area contributed by atoms with Crippen molar-refractivity contribution in [2.75, 3.05) is 46.6 Å². The van der Waals surface area contributed by atoms with Crippen molar-refractivity contribution in [3.05, 3.63) is 29.3 Å². The van der Waals surface area contributed by atoms with Crippen LogP contribution in [-0.2, 0) is 18.9 Å². The maximum atomic E-state index is 12.9. The number of rotatable bonds is 7. The van der Waals surface area contributed by atoms with Crippen molar-refractivity contribution in [2.45, 2.75) is 32.5 Å². The van der Waals surface area contributed by atoms with Crippen molar-refractivity contribution >= 4 is 5.78 Å². The molecule has 0 amide bonds. The van der Waals surface area contributed by atoms with Gasteiger partial charge in [-0.15, -0.1) is 0 Å². The molecule has 1 aromatic rings. The Hall–Kier alpha value is -1.51. The zero-order valence-electron chi connectivity index (χ0n) is 15.7. The van der Waals surface area contributed by atoms with Gasteiger partial charge in [-0.25, -0.2) is 4.90 Å². The Morgan fingerprint density at radius 3 is 2.77 bits per heavy atom. The molecule has 2 aliphatic rings. The Morgan fingerprint density at radius 2 is 2.04 bits per heavy atom. The second kappa shape index (κ2) is 8.45. The highest BCUT2D eigenvalue weighted by atomic mass is 16.8. The molecule has 2 aliphatic heterocycles. The molecule has 7 nitrogen and oxygen atoms in total. The van der Waals surface area contributed by atoms with E-state index >= 15 is 0 Å². The third kappa shape index (κ3) is 4.07. The van der Waals surface area contributed by atoms with Gasteiger partial charge < -0.3 is 18.9 Å². The predicted molar refractivity (Wildman–Crippen MR) is 94.3 cm³/mol. The molecule has 0 bridgehead atoms. The smallest absolute Gasteiger partial charge is 0.282 e. The van der Waals surface area contributed by atoms with Gasteiger partial charge in [0.25, 0.3) is 5.91 Å². The minimum Gasteiger partial charge on any atom is -0.447 e. The van der Waals surface area contributed by atoms with Gasteiger partial charge in [0, 0.05) is 20.2 Å². The summed E-state index contributed by atoms with van der Waals surface area (Å²) in [5.41, 5.74) is 1.51. The number of nitrogens with zero attached hydrogens (tertiary/aromatic N) is 1. The molecule has 0 aliphatic carbocycles. The third-order valence-electron chi connectivity index (χ3n) is 4.64. The number of hydrogen-bond acceptors (Lipinski definition) is 7. The molecule has 0 spiro atoms. The molecule has 26 heavy (non-hydrogen) atoms. The molecule has 144 valence electrons. The molecule has 0 N–H and O–H groups in total. The number of Topliss-reactive ketones (excluding diaryl/α,β-unsaturated/α-hetero) is 1. The van der Waals surface area contributed by atoms with E-state index < -0.39 is 12.2 Å². The first-order chi connectivity index (χ1) is 12.6. The summed E-state index contributed by atoms with van der Waals surface area (Å²) in [7, 11) is 1.62. The van der Waals surface area contributed by atoms with E-state index in [0.717, 1.165) is 5.56 Å². The molecule has 2 unspecified atom stereocenters. The van der Waals surface area contributed by atoms with Crippen LogP contribution in [0.15, 0.2) is 18.2 Å². The molecule has 2 heterocycles. The molecular formula is C19H27NO6. The lowest BCUT2D eigenvalue weighted by molar-refractivity contribution is -0.340. The van der Waals surface area contributed by atoms with E-state index in [9.17, 15) is 4.79 Å². The van der Waals surface area contributed by atoms with Gasteiger partial charge in [-0.05, 0) is 25.5 Å². The summed E-state index contributed by atoms with van der Waals surface area (Å²) in [6.07, 6.45) is -0.437. The number of hydrogen-bond donors (Lipinski definition) is 0. The van der Waals surface area contributed by atoms with Gasteiger partial charge in [-0.2, -0.15) is 0 Å². The van der Waals surface area contributed by atoms with Gasteiger partial charge in [0.2, 0.25) is 0 Å². The highest BCUT2D eigenvalue weighted by Gasteiger charge is 2.49. The summed E-state index contributed by atoms with van der Waals surface area (Å²) >= 11 is 0. The van der Waals surface area contributed by atoms with Gasteiger partial charge in [0.15, 0.2) is 12.1 Å². The monoisotopic (exact) mass is 365 g/mol. The summed E-state index contributed by atoms with van der Waals surface area (Å²) in [6.45, 7) is 7.00. The fourth-order valence-corrected chi connectivity index (χ4v) is 3.31. The number of benzene rings is 1. The largest absolute Gasteiger partial charge is 0.447 e. The second-order valence-corrected chi connectivity index (χ2v) is 6.51. The van der Waals surface area contributed by atoms with Crippen LogP contribution in [0.2, 0.25) is 0 Å². The van der Waals surface area contributed by atoms with Crippen LogP contribution >= 0.6 is 0 Å². The molecule has 1 saturated heterocycles. The van der Waals surface area contributed by atoms with Gasteiger partial charge >= 0.3 is 0 Å². The minimum absolute atomic E-state index is 0.00512. The molecule has 2 atom stereocenters. The van der Waals surface area contributed by atoms with E-state index in [4.69, 9.17) is 23.7 Å². The number of ketones is 1. The number of carbonyl (C=O) groups is 1. The van der Waals surface area contributed by atoms with Crippen LogP contribution < -0.4 is 4.74 Å². The molecule has 0 saturated carbocycles. The zero-order chi connectivity index (χ0) is 18.6. The van der Waals surface area contributed by atoms with Crippen LogP contribution in [0, 0.1) is 6.92 Å². The first kappa shape index (κ1) is 19.3. The highest BCUT2D eigenvalue weighted by molar-refractivity contribution is 6.00. The van der Waals surface area contributed by atoms with Crippen LogP contribution in [0.1, 0.15) is 29.3 Å². The lowest BCUT2D eigenvalue weighted by atomic mass is 9.98. The summed E-state index contributed by atoms with van der Waals surface area (Å²) in [4.78, 5) is 14.9. The van der Waals surface area contributed by atoms with Crippen molar-refractivity contribution in [1.82, 2.24) is 4.90 Å². The van der Waals surface area contributed by atoms with Crippen molar-refractivity contribution in [2.24, 2.45) is 0 Å². The lowest BCUT2D eigenvalue weighted by Crippen LogP contribution is -2.62. The molecule has 0 aromatic heterocycles. The Kier molecular flexibility index (Phi) is 6.26. The number of morpholine rings is 1. The average molecular weight is 365 g/mol. The van der Waals surface area contributed by atoms with Crippen molar-refractivity contribution in [3.8, 4) is 5.75 Å². The number of carbonyl (C=O) groups excluding carboxylic acids is 1. The number of ether oxygens (including phenoxy) is 5. The molecule has 1 aromatic carbocycles. The Morgan fingerprint density at radius 1 is 1.27 bits per heavy atom. The van der Waals surface area contributed by atoms with Crippen molar-refractivity contribution in [3.63, 3.8) is 0 Å². The number of methoxy groups -OCH3 is 1. The van der Waals surface area contributed by atoms with Crippen molar-refractivity contribution in [1.29, 1.82) is 0 Å². The van der Waals surface area contributed by atoms with Crippen LogP contribution in [0.3, 0.4) is 0 Å². The maximum absolute atomic E-state index is 12.9. The van der Waals surface area contributed by atoms with Crippen molar-refractivity contribution < 1.29 is 28.5 Å². The van der Waals surface area contributed by atoms with Gasteiger partial charge in [0.1, 0.15) is 5.75 Å². The Balaban J connectivity index is 1.86. The molecule has 7 heteroatoms. The first-order valence-corrected chi connectivity index (χ1v) is 8.99. The first-order valence-electron chi connectivity index (χ1n) is 8.99. The van der Waals surface area contributed by atoms with E-state index in [1.807, 2.05) is 24.0 Å². The molecule has 1 fully saturated rings. The summed E-state index contributed by atoms with van der Waals surface area (Å²) < 4.78 is 28.7. The van der Waals surface area contributed by atoms with Crippen LogP contribution in [-0.4, -0.2) is 69.5 Å². The normalized spacial score (nSPS) is 24.8. The topological polar surface area (TPSA) is 66.5 Å². The zero-order valence-corrected chi connectivity index (χ0v) is 15.7. The predicted octanol–water partition coefficient (Wildman–Crippen LogP) is 1.97. The maximum Gasteiger partial charge on any atom is 0.282 e. The lowest BCUT2D eigenvalue weighted by Gasteiger charge is -2.47.